The van der Waals surface area contributed by atoms with Crippen molar-refractivity contribution in [3.8, 4) is 0 Å². The van der Waals surface area contributed by atoms with Crippen LogP contribution in [0.3, 0.4) is 0 Å². The molecule has 0 bridgehead atoms. The average Bonchev–Trinajstić information content (AvgIpc) is 2.29. The van der Waals surface area contributed by atoms with Gasteiger partial charge in [-0.1, -0.05) is 12.1 Å². The first-order valence-electron chi connectivity index (χ1n) is 4.75. The third-order valence-electron chi connectivity index (χ3n) is 1.95. The number of nitrogens with two attached hydrogens (primary N) is 1. The van der Waals surface area contributed by atoms with Crippen molar-refractivity contribution in [2.75, 3.05) is 20.3 Å². The number of nitrogens with one attached hydrogen (secondary N) is 1. The van der Waals surface area contributed by atoms with Crippen LogP contribution in [0.15, 0.2) is 24.3 Å². The zero-order chi connectivity index (χ0) is 12.0. The van der Waals surface area contributed by atoms with Crippen LogP contribution in [0.4, 0.5) is 0 Å². The predicted octanol–water partition coefficient (Wildman–Crippen LogP) is 0.774. The summed E-state index contributed by atoms with van der Waals surface area (Å²) in [6, 6.07) is 6.36. The number of carbonyl (C=O) groups excluding carboxylic acids is 1. The van der Waals surface area contributed by atoms with Crippen LogP contribution in [-0.2, 0) is 9.47 Å². The van der Waals surface area contributed by atoms with Crippen molar-refractivity contribution >= 4 is 11.8 Å². The maximum Gasteiger partial charge on any atom is 0.338 e. The molecule has 0 saturated carbocycles. The lowest BCUT2D eigenvalue weighted by Crippen LogP contribution is -2.12. The highest BCUT2D eigenvalue weighted by molar-refractivity contribution is 5.96. The Labute approximate surface area is 93.7 Å². The maximum atomic E-state index is 11.4. The molecule has 0 atom stereocenters. The second-order valence-electron chi connectivity index (χ2n) is 3.12. The molecule has 0 fully saturated rings. The van der Waals surface area contributed by atoms with Crippen molar-refractivity contribution in [1.29, 1.82) is 5.41 Å². The van der Waals surface area contributed by atoms with Crippen LogP contribution in [0, 0.1) is 5.41 Å². The topological polar surface area (TPSA) is 85.4 Å². The molecular weight excluding hydrogens is 208 g/mol. The number of amidine groups is 1. The molecule has 3 N–H and O–H groups in total. The van der Waals surface area contributed by atoms with Crippen molar-refractivity contribution in [1.82, 2.24) is 0 Å². The standard InChI is InChI=1S/C11H14N2O3/c1-15-6-7-16-11(14)9-4-2-8(3-5-9)10(12)13/h2-5H,6-7H2,1H3,(H3,12,13). The molecule has 86 valence electrons. The van der Waals surface area contributed by atoms with Gasteiger partial charge in [0.15, 0.2) is 0 Å². The van der Waals surface area contributed by atoms with Gasteiger partial charge in [0.1, 0.15) is 12.4 Å². The molecule has 0 aromatic heterocycles. The minimum Gasteiger partial charge on any atom is -0.460 e. The number of methoxy groups -OCH3 is 1. The normalized spacial score (nSPS) is 9.81. The molecule has 1 aromatic rings. The first kappa shape index (κ1) is 12.2. The molecule has 0 unspecified atom stereocenters. The van der Waals surface area contributed by atoms with E-state index in [9.17, 15) is 4.79 Å². The Morgan fingerprint density at radius 3 is 2.31 bits per heavy atom. The molecule has 1 aromatic carbocycles. The third-order valence-corrected chi connectivity index (χ3v) is 1.95. The van der Waals surface area contributed by atoms with Crippen LogP contribution in [0.5, 0.6) is 0 Å². The zero-order valence-corrected chi connectivity index (χ0v) is 9.03. The Bertz CT molecular complexity index is 373. The Balaban J connectivity index is 2.59. The minimum absolute atomic E-state index is 0.0284. The van der Waals surface area contributed by atoms with E-state index in [1.807, 2.05) is 0 Å². The Kier molecular flexibility index (Phi) is 4.47. The molecule has 0 aliphatic rings. The largest absolute Gasteiger partial charge is 0.460 e. The van der Waals surface area contributed by atoms with Gasteiger partial charge in [0.25, 0.3) is 0 Å². The number of hydrogen-bond donors (Lipinski definition) is 2. The zero-order valence-electron chi connectivity index (χ0n) is 9.03. The molecule has 0 saturated heterocycles. The van der Waals surface area contributed by atoms with Crippen molar-refractivity contribution in [3.63, 3.8) is 0 Å². The van der Waals surface area contributed by atoms with Crippen molar-refractivity contribution in [2.45, 2.75) is 0 Å². The number of carbonyl (C=O) groups is 1. The van der Waals surface area contributed by atoms with Crippen LogP contribution in [0.2, 0.25) is 0 Å². The van der Waals surface area contributed by atoms with Crippen LogP contribution < -0.4 is 5.73 Å². The van der Waals surface area contributed by atoms with Gasteiger partial charge in [-0.05, 0) is 12.1 Å². The van der Waals surface area contributed by atoms with Gasteiger partial charge in [-0.2, -0.15) is 0 Å². The number of esters is 1. The van der Waals surface area contributed by atoms with Gasteiger partial charge in [0, 0.05) is 12.7 Å². The summed E-state index contributed by atoms with van der Waals surface area (Å²) < 4.78 is 9.68. The summed E-state index contributed by atoms with van der Waals surface area (Å²) in [6.45, 7) is 0.598. The summed E-state index contributed by atoms with van der Waals surface area (Å²) in [6.07, 6.45) is 0. The molecule has 0 aliphatic heterocycles. The smallest absolute Gasteiger partial charge is 0.338 e. The van der Waals surface area contributed by atoms with Gasteiger partial charge in [-0.3, -0.25) is 5.41 Å². The lowest BCUT2D eigenvalue weighted by atomic mass is 10.1. The van der Waals surface area contributed by atoms with Crippen molar-refractivity contribution in [2.24, 2.45) is 5.73 Å². The van der Waals surface area contributed by atoms with E-state index in [-0.39, 0.29) is 12.4 Å². The lowest BCUT2D eigenvalue weighted by molar-refractivity contribution is 0.0388. The maximum absolute atomic E-state index is 11.4. The number of nitrogen functional groups attached to an aromatic ring is 1. The van der Waals surface area contributed by atoms with Crippen LogP contribution >= 0.6 is 0 Å². The number of ether oxygens (including phenoxy) is 2. The van der Waals surface area contributed by atoms with E-state index < -0.39 is 5.97 Å². The predicted molar refractivity (Wildman–Crippen MR) is 59.6 cm³/mol. The fraction of sp³-hybridized carbons (Fsp3) is 0.273. The first-order chi connectivity index (χ1) is 7.65. The highest BCUT2D eigenvalue weighted by Gasteiger charge is 2.06. The fourth-order valence-corrected chi connectivity index (χ4v) is 1.09. The fourth-order valence-electron chi connectivity index (χ4n) is 1.09. The summed E-state index contributed by atoms with van der Waals surface area (Å²) in [5, 5.41) is 7.19. The summed E-state index contributed by atoms with van der Waals surface area (Å²) in [5.41, 5.74) is 6.30. The third kappa shape index (κ3) is 3.36. The first-order valence-corrected chi connectivity index (χ1v) is 4.75. The monoisotopic (exact) mass is 222 g/mol. The van der Waals surface area contributed by atoms with E-state index in [2.05, 4.69) is 0 Å². The lowest BCUT2D eigenvalue weighted by Gasteiger charge is -2.04. The molecule has 0 radical (unpaired) electrons. The van der Waals surface area contributed by atoms with Gasteiger partial charge in [0.2, 0.25) is 0 Å². The average molecular weight is 222 g/mol. The van der Waals surface area contributed by atoms with Gasteiger partial charge in [0.05, 0.1) is 12.2 Å². The van der Waals surface area contributed by atoms with Gasteiger partial charge in [-0.15, -0.1) is 0 Å². The van der Waals surface area contributed by atoms with E-state index in [1.54, 1.807) is 24.3 Å². The molecule has 0 aliphatic carbocycles. The van der Waals surface area contributed by atoms with Crippen LogP contribution in [0.1, 0.15) is 15.9 Å². The molecule has 1 rings (SSSR count). The minimum atomic E-state index is -0.410. The summed E-state index contributed by atoms with van der Waals surface area (Å²) in [4.78, 5) is 11.4. The quantitative estimate of drug-likeness (QED) is 0.333. The second-order valence-corrected chi connectivity index (χ2v) is 3.12. The van der Waals surface area contributed by atoms with E-state index in [0.29, 0.717) is 17.7 Å². The van der Waals surface area contributed by atoms with E-state index >= 15 is 0 Å². The van der Waals surface area contributed by atoms with Gasteiger partial charge < -0.3 is 15.2 Å². The highest BCUT2D eigenvalue weighted by atomic mass is 16.6. The number of hydrogen-bond acceptors (Lipinski definition) is 4. The second kappa shape index (κ2) is 5.87. The SMILES string of the molecule is COCCOC(=O)c1ccc(C(=N)N)cc1. The Hall–Kier alpha value is -1.88. The summed E-state index contributed by atoms with van der Waals surface area (Å²) in [7, 11) is 1.54. The van der Waals surface area contributed by atoms with E-state index in [1.165, 1.54) is 7.11 Å². The summed E-state index contributed by atoms with van der Waals surface area (Å²) in [5.74, 6) is -0.438. The Morgan fingerprint density at radius 2 is 1.81 bits per heavy atom. The Morgan fingerprint density at radius 1 is 1.25 bits per heavy atom. The van der Waals surface area contributed by atoms with E-state index in [0.717, 1.165) is 0 Å². The van der Waals surface area contributed by atoms with Gasteiger partial charge in [-0.25, -0.2) is 4.79 Å². The highest BCUT2D eigenvalue weighted by Crippen LogP contribution is 2.05. The summed E-state index contributed by atoms with van der Waals surface area (Å²) >= 11 is 0. The van der Waals surface area contributed by atoms with Crippen LogP contribution in [0.25, 0.3) is 0 Å². The van der Waals surface area contributed by atoms with Gasteiger partial charge >= 0.3 is 5.97 Å². The van der Waals surface area contributed by atoms with E-state index in [4.69, 9.17) is 20.6 Å². The molecule has 16 heavy (non-hydrogen) atoms. The number of benzene rings is 1. The molecular formula is C11H14N2O3. The van der Waals surface area contributed by atoms with Crippen LogP contribution in [-0.4, -0.2) is 32.1 Å². The molecule has 5 heteroatoms. The molecule has 0 amide bonds. The molecule has 0 spiro atoms. The number of rotatable bonds is 5. The molecule has 0 heterocycles. The van der Waals surface area contributed by atoms with Crippen molar-refractivity contribution in [3.05, 3.63) is 35.4 Å². The molecule has 5 nitrogen and oxygen atoms in total. The van der Waals surface area contributed by atoms with Crippen molar-refractivity contribution < 1.29 is 14.3 Å².